The fourth-order valence-electron chi connectivity index (χ4n) is 0.273. The highest BCUT2D eigenvalue weighted by atomic mass is 32.1. The quantitative estimate of drug-likeness (QED) is 0.491. The standard InChI is InChI=1S/C4H5NS.H2O/c1-4-2-6-3-5-4;/h2-3H,1H3;1H2. The Morgan fingerprint density at radius 2 is 2.43 bits per heavy atom. The van der Waals surface area contributed by atoms with E-state index in [9.17, 15) is 0 Å². The Balaban J connectivity index is 0.000000360. The predicted molar refractivity (Wildman–Crippen MR) is 30.5 cm³/mol. The van der Waals surface area contributed by atoms with Crippen molar-refractivity contribution in [2.75, 3.05) is 0 Å². The molecule has 0 saturated carbocycles. The maximum Gasteiger partial charge on any atom is 0.0794 e. The van der Waals surface area contributed by atoms with Gasteiger partial charge in [0.25, 0.3) is 0 Å². The van der Waals surface area contributed by atoms with Gasteiger partial charge in [-0.2, -0.15) is 0 Å². The fraction of sp³-hybridized carbons (Fsp3) is 0.250. The molecule has 0 spiro atoms. The summed E-state index contributed by atoms with van der Waals surface area (Å²) in [4.78, 5) is 3.94. The summed E-state index contributed by atoms with van der Waals surface area (Å²) < 4.78 is 0. The summed E-state index contributed by atoms with van der Waals surface area (Å²) in [6, 6.07) is 0. The Labute approximate surface area is 46.1 Å². The van der Waals surface area contributed by atoms with E-state index in [1.165, 1.54) is 0 Å². The molecule has 0 aromatic carbocycles. The Kier molecular flexibility index (Phi) is 2.55. The lowest BCUT2D eigenvalue weighted by molar-refractivity contribution is 0.824. The van der Waals surface area contributed by atoms with E-state index < -0.39 is 0 Å². The van der Waals surface area contributed by atoms with Gasteiger partial charge in [-0.15, -0.1) is 11.3 Å². The van der Waals surface area contributed by atoms with Crippen LogP contribution >= 0.6 is 11.3 Å². The summed E-state index contributed by atoms with van der Waals surface area (Å²) in [7, 11) is 0. The van der Waals surface area contributed by atoms with E-state index in [4.69, 9.17) is 0 Å². The van der Waals surface area contributed by atoms with Crippen LogP contribution in [0.4, 0.5) is 0 Å². The highest BCUT2D eigenvalue weighted by Gasteiger charge is 1.76. The van der Waals surface area contributed by atoms with Crippen LogP contribution in [0.5, 0.6) is 0 Å². The Morgan fingerprint density at radius 3 is 2.57 bits per heavy atom. The van der Waals surface area contributed by atoms with Crippen molar-refractivity contribution in [2.45, 2.75) is 6.92 Å². The second-order valence-electron chi connectivity index (χ2n) is 1.13. The van der Waals surface area contributed by atoms with Gasteiger partial charge in [0.2, 0.25) is 0 Å². The second kappa shape index (κ2) is 2.71. The summed E-state index contributed by atoms with van der Waals surface area (Å²) in [5, 5.41) is 2.01. The summed E-state index contributed by atoms with van der Waals surface area (Å²) in [6.45, 7) is 1.98. The molecular formula is C4H7NOS. The van der Waals surface area contributed by atoms with Crippen molar-refractivity contribution in [1.29, 1.82) is 0 Å². The Morgan fingerprint density at radius 1 is 1.71 bits per heavy atom. The van der Waals surface area contributed by atoms with E-state index in [-0.39, 0.29) is 5.48 Å². The van der Waals surface area contributed by atoms with Crippen LogP contribution in [0.3, 0.4) is 0 Å². The first-order chi connectivity index (χ1) is 2.89. The molecule has 40 valence electrons. The normalized spacial score (nSPS) is 7.57. The second-order valence-corrected chi connectivity index (χ2v) is 1.85. The van der Waals surface area contributed by atoms with Crippen molar-refractivity contribution in [1.82, 2.24) is 4.98 Å². The molecule has 1 aromatic rings. The molecule has 7 heavy (non-hydrogen) atoms. The van der Waals surface area contributed by atoms with Gasteiger partial charge in [0.1, 0.15) is 0 Å². The molecule has 0 aliphatic heterocycles. The van der Waals surface area contributed by atoms with E-state index in [1.807, 2.05) is 17.8 Å². The van der Waals surface area contributed by atoms with Gasteiger partial charge in [-0.1, -0.05) is 0 Å². The van der Waals surface area contributed by atoms with Gasteiger partial charge in [0.05, 0.1) is 5.51 Å². The zero-order valence-electron chi connectivity index (χ0n) is 4.01. The smallest absolute Gasteiger partial charge is 0.0794 e. The maximum absolute atomic E-state index is 3.94. The van der Waals surface area contributed by atoms with Crippen LogP contribution in [-0.2, 0) is 0 Å². The van der Waals surface area contributed by atoms with Crippen LogP contribution in [0.15, 0.2) is 10.9 Å². The topological polar surface area (TPSA) is 44.4 Å². The summed E-state index contributed by atoms with van der Waals surface area (Å²) >= 11 is 1.63. The highest BCUT2D eigenvalue weighted by molar-refractivity contribution is 7.07. The highest BCUT2D eigenvalue weighted by Crippen LogP contribution is 1.95. The third-order valence-electron chi connectivity index (χ3n) is 0.556. The largest absolute Gasteiger partial charge is 0.412 e. The zero-order chi connectivity index (χ0) is 4.41. The molecule has 0 aliphatic carbocycles. The molecule has 1 rings (SSSR count). The number of rotatable bonds is 0. The van der Waals surface area contributed by atoms with Gasteiger partial charge >= 0.3 is 0 Å². The van der Waals surface area contributed by atoms with Gasteiger partial charge in [-0.25, -0.2) is 0 Å². The molecule has 0 bridgehead atoms. The van der Waals surface area contributed by atoms with Crippen LogP contribution in [0.2, 0.25) is 0 Å². The van der Waals surface area contributed by atoms with Crippen molar-refractivity contribution in [2.24, 2.45) is 0 Å². The third-order valence-corrected chi connectivity index (χ3v) is 1.26. The lowest BCUT2D eigenvalue weighted by Crippen LogP contribution is -1.59. The Bertz CT molecular complexity index is 115. The van der Waals surface area contributed by atoms with Crippen LogP contribution in [0.25, 0.3) is 0 Å². The number of hydrogen-bond donors (Lipinski definition) is 0. The number of thiazole rings is 1. The SMILES string of the molecule is Cc1cscn1.O. The molecule has 3 heteroatoms. The Hall–Kier alpha value is -0.410. The maximum atomic E-state index is 3.94. The van der Waals surface area contributed by atoms with Crippen molar-refractivity contribution < 1.29 is 5.48 Å². The third kappa shape index (κ3) is 1.66. The number of hydrogen-bond acceptors (Lipinski definition) is 2. The first-order valence-electron chi connectivity index (χ1n) is 1.74. The molecule has 1 heterocycles. The van der Waals surface area contributed by atoms with E-state index >= 15 is 0 Å². The molecule has 0 radical (unpaired) electrons. The molecule has 0 fully saturated rings. The van der Waals surface area contributed by atoms with Gasteiger partial charge in [-0.05, 0) is 6.92 Å². The van der Waals surface area contributed by atoms with E-state index in [1.54, 1.807) is 11.3 Å². The van der Waals surface area contributed by atoms with Crippen LogP contribution in [0, 0.1) is 6.92 Å². The number of aryl methyl sites for hydroxylation is 1. The monoisotopic (exact) mass is 117 g/mol. The minimum Gasteiger partial charge on any atom is -0.412 e. The molecule has 0 atom stereocenters. The van der Waals surface area contributed by atoms with Gasteiger partial charge in [0, 0.05) is 11.1 Å². The molecule has 0 aliphatic rings. The first kappa shape index (κ1) is 6.59. The van der Waals surface area contributed by atoms with Crippen molar-refractivity contribution in [3.8, 4) is 0 Å². The summed E-state index contributed by atoms with van der Waals surface area (Å²) in [5.41, 5.74) is 2.94. The van der Waals surface area contributed by atoms with Crippen molar-refractivity contribution >= 4 is 11.3 Å². The van der Waals surface area contributed by atoms with Crippen molar-refractivity contribution in [3.05, 3.63) is 16.6 Å². The van der Waals surface area contributed by atoms with E-state index in [0.717, 1.165) is 5.69 Å². The number of nitrogens with zero attached hydrogens (tertiary/aromatic N) is 1. The molecular weight excluding hydrogens is 110 g/mol. The van der Waals surface area contributed by atoms with Crippen LogP contribution in [0.1, 0.15) is 5.69 Å². The fourth-order valence-corrected chi connectivity index (χ4v) is 0.819. The molecule has 2 nitrogen and oxygen atoms in total. The van der Waals surface area contributed by atoms with Gasteiger partial charge in [0.15, 0.2) is 0 Å². The van der Waals surface area contributed by atoms with Gasteiger partial charge in [-0.3, -0.25) is 4.98 Å². The number of aromatic nitrogens is 1. The lowest BCUT2D eigenvalue weighted by Gasteiger charge is -1.64. The zero-order valence-corrected chi connectivity index (χ0v) is 4.83. The van der Waals surface area contributed by atoms with E-state index in [2.05, 4.69) is 4.98 Å². The lowest BCUT2D eigenvalue weighted by atomic mass is 10.6. The predicted octanol–water partition coefficient (Wildman–Crippen LogP) is 0.627. The molecule has 1 aromatic heterocycles. The van der Waals surface area contributed by atoms with Crippen LogP contribution < -0.4 is 0 Å². The average molecular weight is 117 g/mol. The minimum atomic E-state index is 0. The minimum absolute atomic E-state index is 0. The van der Waals surface area contributed by atoms with Crippen LogP contribution in [-0.4, -0.2) is 10.5 Å². The first-order valence-corrected chi connectivity index (χ1v) is 2.68. The van der Waals surface area contributed by atoms with Crippen molar-refractivity contribution in [3.63, 3.8) is 0 Å². The molecule has 0 amide bonds. The summed E-state index contributed by atoms with van der Waals surface area (Å²) in [5.74, 6) is 0. The molecule has 0 unspecified atom stereocenters. The average Bonchev–Trinajstić information content (AvgIpc) is 1.86. The summed E-state index contributed by atoms with van der Waals surface area (Å²) in [6.07, 6.45) is 0. The van der Waals surface area contributed by atoms with E-state index in [0.29, 0.717) is 0 Å². The molecule has 0 saturated heterocycles. The molecule has 2 N–H and O–H groups in total. The van der Waals surface area contributed by atoms with Gasteiger partial charge < -0.3 is 5.48 Å².